The highest BCUT2D eigenvalue weighted by Crippen LogP contribution is 2.10. The first-order chi connectivity index (χ1) is 6.07. The number of ketones is 2. The van der Waals surface area contributed by atoms with Crippen molar-refractivity contribution in [2.45, 2.75) is 27.3 Å². The van der Waals surface area contributed by atoms with E-state index in [0.717, 1.165) is 0 Å². The zero-order valence-electron chi connectivity index (χ0n) is 8.13. The molecule has 0 saturated carbocycles. The van der Waals surface area contributed by atoms with Gasteiger partial charge >= 0.3 is 0 Å². The van der Waals surface area contributed by atoms with E-state index in [9.17, 15) is 9.59 Å². The summed E-state index contributed by atoms with van der Waals surface area (Å²) in [4.78, 5) is 22.3. The van der Waals surface area contributed by atoms with Crippen molar-refractivity contribution in [1.82, 2.24) is 4.57 Å². The number of Topliss-reactive ketones (excluding diaryl/α,β-unsaturated/α-hetero) is 2. The summed E-state index contributed by atoms with van der Waals surface area (Å²) < 4.78 is 1.74. The van der Waals surface area contributed by atoms with E-state index < -0.39 is 0 Å². The van der Waals surface area contributed by atoms with Gasteiger partial charge in [-0.15, -0.1) is 0 Å². The Morgan fingerprint density at radius 3 is 1.77 bits per heavy atom. The Hall–Kier alpha value is -1.38. The van der Waals surface area contributed by atoms with E-state index in [1.165, 1.54) is 13.8 Å². The monoisotopic (exact) mass is 179 g/mol. The maximum Gasteiger partial charge on any atom is 0.176 e. The minimum absolute atomic E-state index is 0.00523. The van der Waals surface area contributed by atoms with E-state index in [-0.39, 0.29) is 11.6 Å². The Kier molecular flexibility index (Phi) is 2.66. The summed E-state index contributed by atoms with van der Waals surface area (Å²) in [7, 11) is 0. The van der Waals surface area contributed by atoms with Crippen molar-refractivity contribution in [1.29, 1.82) is 0 Å². The third-order valence-corrected chi connectivity index (χ3v) is 2.02. The quantitative estimate of drug-likeness (QED) is 0.665. The molecule has 1 heterocycles. The van der Waals surface area contributed by atoms with Crippen molar-refractivity contribution in [2.24, 2.45) is 0 Å². The smallest absolute Gasteiger partial charge is 0.176 e. The summed E-state index contributed by atoms with van der Waals surface area (Å²) in [5, 5.41) is 0. The summed E-state index contributed by atoms with van der Waals surface area (Å²) in [6.07, 6.45) is 0. The van der Waals surface area contributed by atoms with Gasteiger partial charge in [0.2, 0.25) is 0 Å². The van der Waals surface area contributed by atoms with Crippen LogP contribution in [0.3, 0.4) is 0 Å². The molecule has 0 N–H and O–H groups in total. The standard InChI is InChI=1S/C10H13NO2/c1-4-11-9(7(2)12)5-6-10(11)8(3)13/h5-6H,4H2,1-3H3. The van der Waals surface area contributed by atoms with Crippen molar-refractivity contribution >= 4 is 11.6 Å². The number of hydrogen-bond donors (Lipinski definition) is 0. The molecule has 1 rings (SSSR count). The molecule has 1 aromatic rings. The summed E-state index contributed by atoms with van der Waals surface area (Å²) in [5.41, 5.74) is 1.21. The van der Waals surface area contributed by atoms with Gasteiger partial charge in [0.05, 0.1) is 11.4 Å². The summed E-state index contributed by atoms with van der Waals surface area (Å²) in [5.74, 6) is -0.0105. The van der Waals surface area contributed by atoms with Gasteiger partial charge in [-0.05, 0) is 19.1 Å². The summed E-state index contributed by atoms with van der Waals surface area (Å²) >= 11 is 0. The van der Waals surface area contributed by atoms with Crippen LogP contribution in [0.15, 0.2) is 12.1 Å². The molecule has 1 aromatic heterocycles. The molecule has 0 aliphatic heterocycles. The molecule has 0 radical (unpaired) electrons. The van der Waals surface area contributed by atoms with Crippen LogP contribution >= 0.6 is 0 Å². The zero-order chi connectivity index (χ0) is 10.0. The summed E-state index contributed by atoms with van der Waals surface area (Å²) in [6, 6.07) is 3.39. The Morgan fingerprint density at radius 2 is 1.54 bits per heavy atom. The number of rotatable bonds is 3. The second-order valence-corrected chi connectivity index (χ2v) is 2.96. The number of nitrogens with zero attached hydrogens (tertiary/aromatic N) is 1. The van der Waals surface area contributed by atoms with Gasteiger partial charge in [0.15, 0.2) is 11.6 Å². The van der Waals surface area contributed by atoms with Crippen LogP contribution in [0.2, 0.25) is 0 Å². The highest BCUT2D eigenvalue weighted by atomic mass is 16.1. The molecule has 0 spiro atoms. The fraction of sp³-hybridized carbons (Fsp3) is 0.400. The SMILES string of the molecule is CCn1c(C(C)=O)ccc1C(C)=O. The van der Waals surface area contributed by atoms with Gasteiger partial charge in [-0.3, -0.25) is 9.59 Å². The van der Waals surface area contributed by atoms with Gasteiger partial charge in [0.1, 0.15) is 0 Å². The molecule has 13 heavy (non-hydrogen) atoms. The molecular weight excluding hydrogens is 166 g/mol. The van der Waals surface area contributed by atoms with E-state index in [1.54, 1.807) is 16.7 Å². The second kappa shape index (κ2) is 3.56. The molecule has 0 saturated heterocycles. The predicted octanol–water partition coefficient (Wildman–Crippen LogP) is 1.91. The Balaban J connectivity index is 3.26. The maximum atomic E-state index is 11.1. The average molecular weight is 179 g/mol. The van der Waals surface area contributed by atoms with Gasteiger partial charge in [0.25, 0.3) is 0 Å². The van der Waals surface area contributed by atoms with Gasteiger partial charge in [0, 0.05) is 20.4 Å². The van der Waals surface area contributed by atoms with E-state index in [0.29, 0.717) is 17.9 Å². The lowest BCUT2D eigenvalue weighted by molar-refractivity contribution is 0.0999. The van der Waals surface area contributed by atoms with E-state index >= 15 is 0 Å². The first kappa shape index (κ1) is 9.71. The molecule has 0 atom stereocenters. The molecule has 0 unspecified atom stereocenters. The maximum absolute atomic E-state index is 11.1. The topological polar surface area (TPSA) is 39.1 Å². The van der Waals surface area contributed by atoms with E-state index in [2.05, 4.69) is 0 Å². The highest BCUT2D eigenvalue weighted by molar-refractivity contribution is 5.97. The molecule has 0 aliphatic rings. The third-order valence-electron chi connectivity index (χ3n) is 2.02. The first-order valence-corrected chi connectivity index (χ1v) is 4.29. The molecule has 3 nitrogen and oxygen atoms in total. The Bertz CT molecular complexity index is 318. The lowest BCUT2D eigenvalue weighted by Crippen LogP contribution is -2.10. The van der Waals surface area contributed by atoms with E-state index in [4.69, 9.17) is 0 Å². The molecule has 0 aromatic carbocycles. The Morgan fingerprint density at radius 1 is 1.15 bits per heavy atom. The largest absolute Gasteiger partial charge is 0.336 e. The zero-order valence-corrected chi connectivity index (χ0v) is 8.13. The Labute approximate surface area is 77.4 Å². The van der Waals surface area contributed by atoms with E-state index in [1.807, 2.05) is 6.92 Å². The van der Waals surface area contributed by atoms with Crippen LogP contribution in [0, 0.1) is 0 Å². The van der Waals surface area contributed by atoms with Crippen molar-refractivity contribution in [3.05, 3.63) is 23.5 Å². The lowest BCUT2D eigenvalue weighted by Gasteiger charge is -2.06. The van der Waals surface area contributed by atoms with Crippen LogP contribution in [0.5, 0.6) is 0 Å². The van der Waals surface area contributed by atoms with Crippen LogP contribution in [0.1, 0.15) is 41.7 Å². The normalized spacial score (nSPS) is 10.1. The molecule has 0 fully saturated rings. The first-order valence-electron chi connectivity index (χ1n) is 4.29. The highest BCUT2D eigenvalue weighted by Gasteiger charge is 2.12. The fourth-order valence-electron chi connectivity index (χ4n) is 1.42. The van der Waals surface area contributed by atoms with Crippen LogP contribution in [-0.4, -0.2) is 16.1 Å². The second-order valence-electron chi connectivity index (χ2n) is 2.96. The van der Waals surface area contributed by atoms with Crippen molar-refractivity contribution in [3.63, 3.8) is 0 Å². The van der Waals surface area contributed by atoms with Crippen LogP contribution in [0.25, 0.3) is 0 Å². The minimum atomic E-state index is -0.00523. The number of aromatic nitrogens is 1. The van der Waals surface area contributed by atoms with Gasteiger partial charge in [-0.25, -0.2) is 0 Å². The molecule has 3 heteroatoms. The van der Waals surface area contributed by atoms with Crippen molar-refractivity contribution in [3.8, 4) is 0 Å². The molecule has 0 aliphatic carbocycles. The summed E-state index contributed by atoms with van der Waals surface area (Å²) in [6.45, 7) is 5.58. The fourth-order valence-corrected chi connectivity index (χ4v) is 1.42. The molecule has 70 valence electrons. The number of carbonyl (C=O) groups excluding carboxylic acids is 2. The predicted molar refractivity (Wildman–Crippen MR) is 50.1 cm³/mol. The lowest BCUT2D eigenvalue weighted by atomic mass is 10.3. The molecule has 0 bridgehead atoms. The minimum Gasteiger partial charge on any atom is -0.336 e. The third kappa shape index (κ3) is 1.69. The van der Waals surface area contributed by atoms with Gasteiger partial charge < -0.3 is 4.57 Å². The molecule has 0 amide bonds. The van der Waals surface area contributed by atoms with Gasteiger partial charge in [-0.2, -0.15) is 0 Å². The van der Waals surface area contributed by atoms with Crippen molar-refractivity contribution in [2.75, 3.05) is 0 Å². The molecular formula is C10H13NO2. The van der Waals surface area contributed by atoms with Crippen LogP contribution in [-0.2, 0) is 6.54 Å². The van der Waals surface area contributed by atoms with Crippen LogP contribution in [0.4, 0.5) is 0 Å². The average Bonchev–Trinajstić information content (AvgIpc) is 2.46. The van der Waals surface area contributed by atoms with Crippen LogP contribution < -0.4 is 0 Å². The number of hydrogen-bond acceptors (Lipinski definition) is 2. The number of carbonyl (C=O) groups is 2. The van der Waals surface area contributed by atoms with Gasteiger partial charge in [-0.1, -0.05) is 0 Å². The van der Waals surface area contributed by atoms with Crippen molar-refractivity contribution < 1.29 is 9.59 Å².